The molecule has 1 heterocycles. The van der Waals surface area contributed by atoms with E-state index >= 15 is 0 Å². The third kappa shape index (κ3) is 3.89. The zero-order valence-electron chi connectivity index (χ0n) is 10.6. The number of rotatable bonds is 5. The summed E-state index contributed by atoms with van der Waals surface area (Å²) in [5, 5.41) is 3.61. The summed E-state index contributed by atoms with van der Waals surface area (Å²) in [6.07, 6.45) is 9.16. The minimum Gasteiger partial charge on any atom is -0.310 e. The predicted octanol–water partition coefficient (Wildman–Crippen LogP) is 5.32. The summed E-state index contributed by atoms with van der Waals surface area (Å²) in [5.74, 6) is 0. The monoisotopic (exact) mass is 367 g/mol. The van der Waals surface area contributed by atoms with Crippen molar-refractivity contribution < 1.29 is 0 Å². The summed E-state index contributed by atoms with van der Waals surface area (Å²) in [6, 6.07) is 2.12. The highest BCUT2D eigenvalue weighted by molar-refractivity contribution is 9.10. The fraction of sp³-hybridized carbons (Fsp3) is 0.692. The molecule has 102 valence electrons. The van der Waals surface area contributed by atoms with E-state index < -0.39 is 0 Å². The van der Waals surface area contributed by atoms with E-state index in [9.17, 15) is 0 Å². The molecule has 1 aliphatic rings. The Hall–Kier alpha value is 0.780. The highest BCUT2D eigenvalue weighted by atomic mass is 79.9. The van der Waals surface area contributed by atoms with Crippen LogP contribution in [-0.2, 0) is 6.54 Å². The average Bonchev–Trinajstić information content (AvgIpc) is 2.70. The summed E-state index contributed by atoms with van der Waals surface area (Å²) in [5.41, 5.74) is 0. The topological polar surface area (TPSA) is 12.0 Å². The molecule has 0 spiro atoms. The van der Waals surface area contributed by atoms with Crippen LogP contribution in [0.3, 0.4) is 0 Å². The molecule has 0 atom stereocenters. The lowest BCUT2D eigenvalue weighted by molar-refractivity contribution is 0.380. The van der Waals surface area contributed by atoms with E-state index in [4.69, 9.17) is 11.6 Å². The van der Waals surface area contributed by atoms with E-state index in [1.807, 2.05) is 11.8 Å². The van der Waals surface area contributed by atoms with Gasteiger partial charge in [-0.1, -0.05) is 30.9 Å². The van der Waals surface area contributed by atoms with Gasteiger partial charge < -0.3 is 5.32 Å². The fourth-order valence-corrected chi connectivity index (χ4v) is 5.24. The molecule has 2 rings (SSSR count). The van der Waals surface area contributed by atoms with Crippen LogP contribution in [0.4, 0.5) is 0 Å². The molecule has 0 radical (unpaired) electrons. The second-order valence-electron chi connectivity index (χ2n) is 4.89. The van der Waals surface area contributed by atoms with Gasteiger partial charge in [0.2, 0.25) is 0 Å². The van der Waals surface area contributed by atoms with Crippen LogP contribution in [0.5, 0.6) is 0 Å². The molecule has 1 aromatic heterocycles. The lowest BCUT2D eigenvalue weighted by Crippen LogP contribution is -2.38. The Morgan fingerprint density at radius 2 is 2.17 bits per heavy atom. The van der Waals surface area contributed by atoms with E-state index in [2.05, 4.69) is 33.6 Å². The van der Waals surface area contributed by atoms with Gasteiger partial charge in [0, 0.05) is 27.2 Å². The first kappa shape index (κ1) is 15.2. The van der Waals surface area contributed by atoms with E-state index in [1.165, 1.54) is 37.0 Å². The predicted molar refractivity (Wildman–Crippen MR) is 88.1 cm³/mol. The van der Waals surface area contributed by atoms with Crippen LogP contribution in [0.25, 0.3) is 0 Å². The quantitative estimate of drug-likeness (QED) is 0.755. The van der Waals surface area contributed by atoms with Gasteiger partial charge in [-0.15, -0.1) is 11.3 Å². The lowest BCUT2D eigenvalue weighted by atomic mass is 9.88. The van der Waals surface area contributed by atoms with Crippen LogP contribution in [0.15, 0.2) is 10.5 Å². The summed E-state index contributed by atoms with van der Waals surface area (Å²) >= 11 is 13.2. The maximum Gasteiger partial charge on any atom is 0.107 e. The van der Waals surface area contributed by atoms with Crippen LogP contribution < -0.4 is 5.32 Å². The molecular formula is C13H19BrClNS2. The summed E-state index contributed by atoms with van der Waals surface area (Å²) < 4.78 is 2.34. The molecule has 5 heteroatoms. The van der Waals surface area contributed by atoms with Gasteiger partial charge in [-0.25, -0.2) is 0 Å². The summed E-state index contributed by atoms with van der Waals surface area (Å²) in [4.78, 5) is 1.30. The first-order valence-electron chi connectivity index (χ1n) is 6.35. The van der Waals surface area contributed by atoms with E-state index in [-0.39, 0.29) is 0 Å². The Morgan fingerprint density at radius 3 is 2.72 bits per heavy atom. The van der Waals surface area contributed by atoms with Gasteiger partial charge >= 0.3 is 0 Å². The molecule has 1 aromatic rings. The number of thioether (sulfide) groups is 1. The van der Waals surface area contributed by atoms with Gasteiger partial charge in [0.25, 0.3) is 0 Å². The molecule has 0 bridgehead atoms. The first-order valence-corrected chi connectivity index (χ1v) is 9.56. The van der Waals surface area contributed by atoms with E-state index in [1.54, 1.807) is 11.3 Å². The van der Waals surface area contributed by atoms with Crippen molar-refractivity contribution in [3.05, 3.63) is 19.8 Å². The summed E-state index contributed by atoms with van der Waals surface area (Å²) in [6.45, 7) is 2.04. The molecule has 18 heavy (non-hydrogen) atoms. The van der Waals surface area contributed by atoms with Gasteiger partial charge in [0.1, 0.15) is 4.34 Å². The highest BCUT2D eigenvalue weighted by Crippen LogP contribution is 2.38. The molecule has 0 saturated heterocycles. The van der Waals surface area contributed by atoms with Crippen LogP contribution in [-0.4, -0.2) is 17.5 Å². The lowest BCUT2D eigenvalue weighted by Gasteiger charge is -2.36. The van der Waals surface area contributed by atoms with Gasteiger partial charge in [0.05, 0.1) is 0 Å². The largest absolute Gasteiger partial charge is 0.310 e. The summed E-state index contributed by atoms with van der Waals surface area (Å²) in [7, 11) is 0. The van der Waals surface area contributed by atoms with Gasteiger partial charge in [-0.2, -0.15) is 11.8 Å². The SMILES string of the molecule is CSC1(CNCc2cc(Br)c(Cl)s2)CCCCC1. The zero-order valence-corrected chi connectivity index (χ0v) is 14.6. The number of thiophene rings is 1. The maximum absolute atomic E-state index is 6.05. The normalized spacial score (nSPS) is 19.1. The standard InChI is InChI=1S/C13H19BrClNS2/c1-17-13(5-3-2-4-6-13)9-16-8-10-7-11(14)12(15)18-10/h7,16H,2-6,8-9H2,1H3. The van der Waals surface area contributed by atoms with Crippen LogP contribution >= 0.6 is 50.6 Å². The van der Waals surface area contributed by atoms with Crippen molar-refractivity contribution in [2.75, 3.05) is 12.8 Å². The Kier molecular flexibility index (Phi) is 5.88. The number of halogens is 2. The Morgan fingerprint density at radius 1 is 1.44 bits per heavy atom. The Balaban J connectivity index is 1.83. The van der Waals surface area contributed by atoms with E-state index in [0.29, 0.717) is 4.75 Å². The Labute approximate surface area is 131 Å². The van der Waals surface area contributed by atoms with Crippen LogP contribution in [0.2, 0.25) is 4.34 Å². The molecule has 1 N–H and O–H groups in total. The first-order chi connectivity index (χ1) is 8.65. The zero-order chi connectivity index (χ0) is 13.0. The second-order valence-corrected chi connectivity index (χ2v) is 8.75. The van der Waals surface area contributed by atoms with Crippen molar-refractivity contribution in [1.82, 2.24) is 5.32 Å². The van der Waals surface area contributed by atoms with Crippen molar-refractivity contribution in [1.29, 1.82) is 0 Å². The van der Waals surface area contributed by atoms with Crippen molar-refractivity contribution in [3.8, 4) is 0 Å². The fourth-order valence-electron chi connectivity index (χ4n) is 2.54. The third-order valence-corrected chi connectivity index (χ3v) is 7.53. The molecule has 0 unspecified atom stereocenters. The molecule has 0 aromatic carbocycles. The minimum atomic E-state index is 0.469. The van der Waals surface area contributed by atoms with Crippen molar-refractivity contribution >= 4 is 50.6 Å². The van der Waals surface area contributed by atoms with E-state index in [0.717, 1.165) is 21.9 Å². The maximum atomic E-state index is 6.05. The molecule has 0 aliphatic heterocycles. The van der Waals surface area contributed by atoms with Crippen molar-refractivity contribution in [3.63, 3.8) is 0 Å². The smallest absolute Gasteiger partial charge is 0.107 e. The van der Waals surface area contributed by atoms with Crippen LogP contribution in [0, 0.1) is 0 Å². The second kappa shape index (κ2) is 6.98. The van der Waals surface area contributed by atoms with Crippen molar-refractivity contribution in [2.45, 2.75) is 43.4 Å². The number of hydrogen-bond acceptors (Lipinski definition) is 3. The minimum absolute atomic E-state index is 0.469. The Bertz CT molecular complexity index is 369. The van der Waals surface area contributed by atoms with Crippen molar-refractivity contribution in [2.24, 2.45) is 0 Å². The molecule has 0 amide bonds. The molecule has 1 fully saturated rings. The third-order valence-electron chi connectivity index (χ3n) is 3.64. The van der Waals surface area contributed by atoms with Gasteiger partial charge in [-0.3, -0.25) is 0 Å². The average molecular weight is 369 g/mol. The van der Waals surface area contributed by atoms with Gasteiger partial charge in [0.15, 0.2) is 0 Å². The molecular weight excluding hydrogens is 350 g/mol. The number of nitrogens with one attached hydrogen (secondary N) is 1. The highest BCUT2D eigenvalue weighted by Gasteiger charge is 2.30. The molecule has 1 aliphatic carbocycles. The van der Waals surface area contributed by atoms with Gasteiger partial charge in [-0.05, 0) is 41.1 Å². The molecule has 1 nitrogen and oxygen atoms in total. The number of hydrogen-bond donors (Lipinski definition) is 1. The molecule has 1 saturated carbocycles. The van der Waals surface area contributed by atoms with Crippen LogP contribution in [0.1, 0.15) is 37.0 Å².